The van der Waals surface area contributed by atoms with Gasteiger partial charge in [0.1, 0.15) is 29.2 Å². The van der Waals surface area contributed by atoms with E-state index in [9.17, 15) is 18.8 Å². The number of ether oxygens (including phenoxy) is 1. The van der Waals surface area contributed by atoms with Gasteiger partial charge in [0.25, 0.3) is 11.5 Å². The third kappa shape index (κ3) is 5.64. The number of piperidine rings is 1. The molecule has 0 saturated carbocycles. The van der Waals surface area contributed by atoms with Crippen LogP contribution in [0.15, 0.2) is 47.4 Å². The van der Waals surface area contributed by atoms with E-state index in [0.29, 0.717) is 37.2 Å². The average Bonchev–Trinajstić information content (AvgIpc) is 2.82. The van der Waals surface area contributed by atoms with E-state index in [4.69, 9.17) is 4.74 Å². The van der Waals surface area contributed by atoms with Crippen LogP contribution < -0.4 is 15.6 Å². The molecule has 10 heteroatoms. The number of amides is 2. The Kier molecular flexibility index (Phi) is 6.81. The Bertz CT molecular complexity index is 1280. The smallest absolute Gasteiger partial charge is 0.281 e. The number of halogens is 1. The van der Waals surface area contributed by atoms with Crippen LogP contribution in [-0.2, 0) is 4.79 Å². The quantitative estimate of drug-likeness (QED) is 0.579. The van der Waals surface area contributed by atoms with E-state index in [1.54, 1.807) is 29.2 Å². The molecular weight excluding hydrogens is 453 g/mol. The number of likely N-dealkylation sites (tertiary alicyclic amines) is 1. The van der Waals surface area contributed by atoms with Crippen LogP contribution in [-0.4, -0.2) is 56.9 Å². The number of nitrogens with zero attached hydrogens (tertiary/aromatic N) is 3. The van der Waals surface area contributed by atoms with Crippen molar-refractivity contribution in [2.75, 3.05) is 13.1 Å². The summed E-state index contributed by atoms with van der Waals surface area (Å²) in [6.07, 6.45) is 2.63. The number of aromatic nitrogens is 3. The first-order valence-electron chi connectivity index (χ1n) is 11.5. The van der Waals surface area contributed by atoms with Gasteiger partial charge < -0.3 is 19.9 Å². The summed E-state index contributed by atoms with van der Waals surface area (Å²) in [7, 11) is 0. The standard InChI is InChI=1S/C25H28FN5O4/c1-25(2,3)20(29-22(32)19-23(33)30-21-18(28-19)5-4-12-27-21)24(34)31-13-10-17(11-14-31)35-16-8-6-15(26)7-9-16/h4-9,12,17,20H,10-11,13-14H2,1-3H3,(H,29,32)(H,27,30,33)/t20-/m1/s1. The lowest BCUT2D eigenvalue weighted by Crippen LogP contribution is -2.57. The van der Waals surface area contributed by atoms with Gasteiger partial charge in [0, 0.05) is 32.1 Å². The molecule has 1 saturated heterocycles. The van der Waals surface area contributed by atoms with Gasteiger partial charge in [-0.15, -0.1) is 0 Å². The molecule has 1 aliphatic heterocycles. The zero-order valence-electron chi connectivity index (χ0n) is 19.9. The van der Waals surface area contributed by atoms with Crippen molar-refractivity contribution in [3.8, 4) is 5.75 Å². The first kappa shape index (κ1) is 24.3. The fraction of sp³-hybridized carbons (Fsp3) is 0.400. The van der Waals surface area contributed by atoms with Gasteiger partial charge in [-0.3, -0.25) is 14.4 Å². The highest BCUT2D eigenvalue weighted by Gasteiger charge is 2.38. The number of carbonyl (C=O) groups excluding carboxylic acids is 2. The summed E-state index contributed by atoms with van der Waals surface area (Å²) >= 11 is 0. The summed E-state index contributed by atoms with van der Waals surface area (Å²) in [5.74, 6) is -0.699. The molecule has 2 amide bonds. The molecule has 0 bridgehead atoms. The molecule has 0 unspecified atom stereocenters. The van der Waals surface area contributed by atoms with E-state index in [0.717, 1.165) is 0 Å². The average molecular weight is 482 g/mol. The van der Waals surface area contributed by atoms with Crippen LogP contribution >= 0.6 is 0 Å². The van der Waals surface area contributed by atoms with Crippen molar-refractivity contribution in [2.45, 2.75) is 45.8 Å². The van der Waals surface area contributed by atoms with Gasteiger partial charge in [0.15, 0.2) is 11.3 Å². The van der Waals surface area contributed by atoms with E-state index in [1.165, 1.54) is 18.3 Å². The minimum absolute atomic E-state index is 0.0962. The van der Waals surface area contributed by atoms with Gasteiger partial charge >= 0.3 is 0 Å². The van der Waals surface area contributed by atoms with Gasteiger partial charge in [-0.05, 0) is 41.8 Å². The van der Waals surface area contributed by atoms with Crippen molar-refractivity contribution >= 4 is 23.0 Å². The van der Waals surface area contributed by atoms with Crippen LogP contribution in [0.4, 0.5) is 4.39 Å². The van der Waals surface area contributed by atoms with Crippen LogP contribution in [0.2, 0.25) is 0 Å². The summed E-state index contributed by atoms with van der Waals surface area (Å²) in [6.45, 7) is 6.45. The molecule has 3 aromatic rings. The molecule has 35 heavy (non-hydrogen) atoms. The largest absolute Gasteiger partial charge is 0.490 e. The maximum atomic E-state index is 13.4. The van der Waals surface area contributed by atoms with Crippen LogP contribution in [0.3, 0.4) is 0 Å². The van der Waals surface area contributed by atoms with Crippen molar-refractivity contribution in [1.82, 2.24) is 25.2 Å². The minimum Gasteiger partial charge on any atom is -0.490 e. The summed E-state index contributed by atoms with van der Waals surface area (Å²) in [5, 5.41) is 2.73. The van der Waals surface area contributed by atoms with E-state index in [1.807, 2.05) is 20.8 Å². The minimum atomic E-state index is -0.865. The van der Waals surface area contributed by atoms with Crippen molar-refractivity contribution in [2.24, 2.45) is 5.41 Å². The Morgan fingerprint density at radius 3 is 2.51 bits per heavy atom. The van der Waals surface area contributed by atoms with E-state index < -0.39 is 22.9 Å². The zero-order valence-corrected chi connectivity index (χ0v) is 19.9. The molecule has 184 valence electrons. The lowest BCUT2D eigenvalue weighted by molar-refractivity contribution is -0.137. The van der Waals surface area contributed by atoms with Gasteiger partial charge in [0.2, 0.25) is 5.91 Å². The van der Waals surface area contributed by atoms with Crippen LogP contribution in [0.25, 0.3) is 11.2 Å². The maximum absolute atomic E-state index is 13.4. The second-order valence-corrected chi connectivity index (χ2v) is 9.65. The first-order valence-corrected chi connectivity index (χ1v) is 11.5. The highest BCUT2D eigenvalue weighted by atomic mass is 19.1. The fourth-order valence-electron chi connectivity index (χ4n) is 4.01. The summed E-state index contributed by atoms with van der Waals surface area (Å²) in [6, 6.07) is 8.27. The second kappa shape index (κ2) is 9.81. The Morgan fingerprint density at radius 2 is 1.86 bits per heavy atom. The van der Waals surface area contributed by atoms with Crippen molar-refractivity contribution < 1.29 is 18.7 Å². The lowest BCUT2D eigenvalue weighted by Gasteiger charge is -2.38. The van der Waals surface area contributed by atoms with Gasteiger partial charge in [-0.1, -0.05) is 20.8 Å². The summed E-state index contributed by atoms with van der Waals surface area (Å²) in [5.41, 5.74) is -0.951. The number of fused-ring (bicyclic) bond motifs is 1. The molecule has 4 rings (SSSR count). The predicted octanol–water partition coefficient (Wildman–Crippen LogP) is 2.67. The third-order valence-corrected chi connectivity index (χ3v) is 5.94. The molecule has 0 radical (unpaired) electrons. The molecule has 1 aliphatic rings. The van der Waals surface area contributed by atoms with Gasteiger partial charge in [0.05, 0.1) is 0 Å². The number of rotatable bonds is 5. The topological polar surface area (TPSA) is 117 Å². The molecule has 2 N–H and O–H groups in total. The number of hydrogen-bond acceptors (Lipinski definition) is 6. The number of H-pyrrole nitrogens is 1. The lowest BCUT2D eigenvalue weighted by atomic mass is 9.85. The number of pyridine rings is 1. The summed E-state index contributed by atoms with van der Waals surface area (Å²) < 4.78 is 19.0. The summed E-state index contributed by atoms with van der Waals surface area (Å²) in [4.78, 5) is 51.3. The van der Waals surface area contributed by atoms with Crippen LogP contribution in [0.5, 0.6) is 5.75 Å². The molecule has 1 aromatic carbocycles. The number of benzene rings is 1. The molecule has 1 fully saturated rings. The van der Waals surface area contributed by atoms with E-state index in [2.05, 4.69) is 20.3 Å². The fourth-order valence-corrected chi connectivity index (χ4v) is 4.01. The van der Waals surface area contributed by atoms with Gasteiger partial charge in [-0.2, -0.15) is 0 Å². The number of carbonyl (C=O) groups is 2. The van der Waals surface area contributed by atoms with E-state index >= 15 is 0 Å². The monoisotopic (exact) mass is 481 g/mol. The number of hydrogen-bond donors (Lipinski definition) is 2. The van der Waals surface area contributed by atoms with E-state index in [-0.39, 0.29) is 29.2 Å². The maximum Gasteiger partial charge on any atom is 0.281 e. The van der Waals surface area contributed by atoms with Crippen LogP contribution in [0, 0.1) is 11.2 Å². The van der Waals surface area contributed by atoms with Crippen molar-refractivity contribution in [3.05, 3.63) is 64.5 Å². The van der Waals surface area contributed by atoms with Gasteiger partial charge in [-0.25, -0.2) is 14.4 Å². The number of aromatic amines is 1. The molecule has 3 heterocycles. The molecule has 2 aromatic heterocycles. The zero-order chi connectivity index (χ0) is 25.2. The first-order chi connectivity index (χ1) is 16.6. The second-order valence-electron chi connectivity index (χ2n) is 9.65. The van der Waals surface area contributed by atoms with Crippen LogP contribution in [0.1, 0.15) is 44.1 Å². The molecule has 0 spiro atoms. The normalized spacial score (nSPS) is 15.6. The van der Waals surface area contributed by atoms with Crippen molar-refractivity contribution in [1.29, 1.82) is 0 Å². The predicted molar refractivity (Wildman–Crippen MR) is 127 cm³/mol. The molecule has 9 nitrogen and oxygen atoms in total. The Balaban J connectivity index is 1.44. The Hall–Kier alpha value is -3.82. The SMILES string of the molecule is CC(C)(C)[C@H](NC(=O)c1nc2cccnc2[nH]c1=O)C(=O)N1CCC(Oc2ccc(F)cc2)CC1. The number of nitrogens with one attached hydrogen (secondary N) is 2. The highest BCUT2D eigenvalue weighted by molar-refractivity contribution is 5.97. The third-order valence-electron chi connectivity index (χ3n) is 5.94. The Morgan fingerprint density at radius 1 is 1.17 bits per heavy atom. The molecular formula is C25H28FN5O4. The molecule has 0 aliphatic carbocycles. The molecule has 1 atom stereocenters. The van der Waals surface area contributed by atoms with Crippen molar-refractivity contribution in [3.63, 3.8) is 0 Å². The highest BCUT2D eigenvalue weighted by Crippen LogP contribution is 2.25. The Labute approximate surface area is 201 Å².